The monoisotopic (exact) mass is 204 g/mol. The highest BCUT2D eigenvalue weighted by atomic mass is 15.3. The van der Waals surface area contributed by atoms with Gasteiger partial charge in [-0.05, 0) is 12.1 Å². The van der Waals surface area contributed by atoms with Gasteiger partial charge in [0.15, 0.2) is 0 Å². The van der Waals surface area contributed by atoms with Crippen LogP contribution >= 0.6 is 0 Å². The van der Waals surface area contributed by atoms with Gasteiger partial charge in [0.25, 0.3) is 0 Å². The van der Waals surface area contributed by atoms with E-state index in [9.17, 15) is 0 Å². The number of hydrogen-bond acceptors (Lipinski definition) is 3. The van der Waals surface area contributed by atoms with Crippen molar-refractivity contribution in [3.8, 4) is 0 Å². The summed E-state index contributed by atoms with van der Waals surface area (Å²) < 4.78 is 2.15. The molecule has 0 aliphatic heterocycles. The van der Waals surface area contributed by atoms with Crippen LogP contribution in [0.2, 0.25) is 0 Å². The van der Waals surface area contributed by atoms with Crippen LogP contribution < -0.4 is 10.6 Å². The summed E-state index contributed by atoms with van der Waals surface area (Å²) >= 11 is 0. The van der Waals surface area contributed by atoms with Crippen LogP contribution in [0.25, 0.3) is 11.0 Å². The maximum Gasteiger partial charge on any atom is 0.206 e. The van der Waals surface area contributed by atoms with E-state index < -0.39 is 0 Å². The highest BCUT2D eigenvalue weighted by Crippen LogP contribution is 2.20. The van der Waals surface area contributed by atoms with E-state index in [0.29, 0.717) is 6.54 Å². The SMILES string of the molecule is CN(C)c1nc2ccccc2n1CCN. The highest BCUT2D eigenvalue weighted by molar-refractivity contribution is 5.78. The molecule has 0 unspecified atom stereocenters. The van der Waals surface area contributed by atoms with E-state index in [-0.39, 0.29) is 0 Å². The normalized spacial score (nSPS) is 10.9. The van der Waals surface area contributed by atoms with E-state index in [2.05, 4.69) is 15.6 Å². The van der Waals surface area contributed by atoms with Crippen LogP contribution in [-0.4, -0.2) is 30.2 Å². The zero-order valence-electron chi connectivity index (χ0n) is 9.14. The summed E-state index contributed by atoms with van der Waals surface area (Å²) in [6.07, 6.45) is 0. The van der Waals surface area contributed by atoms with Gasteiger partial charge in [-0.25, -0.2) is 4.98 Å². The Kier molecular flexibility index (Phi) is 2.60. The van der Waals surface area contributed by atoms with Crippen molar-refractivity contribution in [3.05, 3.63) is 24.3 Å². The number of fused-ring (bicyclic) bond motifs is 1. The Balaban J connectivity index is 2.63. The van der Waals surface area contributed by atoms with Gasteiger partial charge in [-0.2, -0.15) is 0 Å². The van der Waals surface area contributed by atoms with Crippen LogP contribution in [0, 0.1) is 0 Å². The lowest BCUT2D eigenvalue weighted by Crippen LogP contribution is -2.18. The zero-order chi connectivity index (χ0) is 10.8. The molecular weight excluding hydrogens is 188 g/mol. The van der Waals surface area contributed by atoms with Gasteiger partial charge in [0.05, 0.1) is 11.0 Å². The van der Waals surface area contributed by atoms with Crippen LogP contribution in [0.1, 0.15) is 0 Å². The average molecular weight is 204 g/mol. The fraction of sp³-hybridized carbons (Fsp3) is 0.364. The Labute approximate surface area is 89.3 Å². The Morgan fingerprint density at radius 1 is 1.33 bits per heavy atom. The van der Waals surface area contributed by atoms with Gasteiger partial charge >= 0.3 is 0 Å². The van der Waals surface area contributed by atoms with E-state index >= 15 is 0 Å². The number of imidazole rings is 1. The first kappa shape index (κ1) is 9.98. The molecule has 0 radical (unpaired) electrons. The molecule has 0 aliphatic rings. The number of rotatable bonds is 3. The molecule has 2 rings (SSSR count). The zero-order valence-corrected chi connectivity index (χ0v) is 9.14. The van der Waals surface area contributed by atoms with E-state index in [4.69, 9.17) is 5.73 Å². The summed E-state index contributed by atoms with van der Waals surface area (Å²) in [5, 5.41) is 0. The van der Waals surface area contributed by atoms with Gasteiger partial charge < -0.3 is 15.2 Å². The minimum atomic E-state index is 0.626. The molecule has 0 bridgehead atoms. The summed E-state index contributed by atoms with van der Waals surface area (Å²) in [5.74, 6) is 0.960. The third kappa shape index (κ3) is 1.68. The fourth-order valence-electron chi connectivity index (χ4n) is 1.75. The second kappa shape index (κ2) is 3.90. The van der Waals surface area contributed by atoms with Crippen LogP contribution in [0.15, 0.2) is 24.3 Å². The third-order valence-corrected chi connectivity index (χ3v) is 2.39. The van der Waals surface area contributed by atoms with Gasteiger partial charge in [-0.3, -0.25) is 0 Å². The average Bonchev–Trinajstić information content (AvgIpc) is 2.58. The molecule has 15 heavy (non-hydrogen) atoms. The third-order valence-electron chi connectivity index (χ3n) is 2.39. The minimum absolute atomic E-state index is 0.626. The van der Waals surface area contributed by atoms with Crippen molar-refractivity contribution < 1.29 is 0 Å². The molecule has 80 valence electrons. The lowest BCUT2D eigenvalue weighted by Gasteiger charge is -2.13. The van der Waals surface area contributed by atoms with Crippen molar-refractivity contribution in [3.63, 3.8) is 0 Å². The number of nitrogens with two attached hydrogens (primary N) is 1. The van der Waals surface area contributed by atoms with Gasteiger partial charge in [-0.15, -0.1) is 0 Å². The lowest BCUT2D eigenvalue weighted by atomic mass is 10.3. The summed E-state index contributed by atoms with van der Waals surface area (Å²) in [6.45, 7) is 1.43. The number of aromatic nitrogens is 2. The van der Waals surface area contributed by atoms with E-state index in [0.717, 1.165) is 23.5 Å². The minimum Gasteiger partial charge on any atom is -0.348 e. The van der Waals surface area contributed by atoms with E-state index in [1.165, 1.54) is 0 Å². The topological polar surface area (TPSA) is 47.1 Å². The highest BCUT2D eigenvalue weighted by Gasteiger charge is 2.10. The molecule has 0 saturated heterocycles. The molecule has 0 spiro atoms. The molecule has 1 aromatic carbocycles. The van der Waals surface area contributed by atoms with E-state index in [1.54, 1.807) is 0 Å². The van der Waals surface area contributed by atoms with Crippen LogP contribution in [0.3, 0.4) is 0 Å². The molecule has 4 nitrogen and oxygen atoms in total. The molecule has 1 aromatic heterocycles. The number of anilines is 1. The first-order valence-electron chi connectivity index (χ1n) is 5.06. The van der Waals surface area contributed by atoms with Crippen molar-refractivity contribution in [1.29, 1.82) is 0 Å². The number of nitrogens with zero attached hydrogens (tertiary/aromatic N) is 3. The maximum absolute atomic E-state index is 5.61. The Morgan fingerprint density at radius 2 is 2.07 bits per heavy atom. The standard InChI is InChI=1S/C11H16N4/c1-14(2)11-13-9-5-3-4-6-10(9)15(11)8-7-12/h3-6H,7-8,12H2,1-2H3. The second-order valence-corrected chi connectivity index (χ2v) is 3.74. The van der Waals surface area contributed by atoms with Gasteiger partial charge in [0.2, 0.25) is 5.95 Å². The van der Waals surface area contributed by atoms with Crippen molar-refractivity contribution in [1.82, 2.24) is 9.55 Å². The van der Waals surface area contributed by atoms with Gasteiger partial charge in [0, 0.05) is 27.2 Å². The Hall–Kier alpha value is -1.55. The maximum atomic E-state index is 5.61. The second-order valence-electron chi connectivity index (χ2n) is 3.74. The summed E-state index contributed by atoms with van der Waals surface area (Å²) in [7, 11) is 3.99. The molecular formula is C11H16N4. The predicted molar refractivity (Wildman–Crippen MR) is 63.1 cm³/mol. The van der Waals surface area contributed by atoms with Crippen molar-refractivity contribution in [2.45, 2.75) is 6.54 Å². The molecule has 4 heteroatoms. The van der Waals surface area contributed by atoms with Crippen molar-refractivity contribution >= 4 is 17.0 Å². The molecule has 0 fully saturated rings. The molecule has 0 amide bonds. The van der Waals surface area contributed by atoms with Crippen LogP contribution in [-0.2, 0) is 6.54 Å². The quantitative estimate of drug-likeness (QED) is 0.813. The van der Waals surface area contributed by atoms with Crippen LogP contribution in [0.4, 0.5) is 5.95 Å². The molecule has 1 heterocycles. The largest absolute Gasteiger partial charge is 0.348 e. The van der Waals surface area contributed by atoms with Crippen LogP contribution in [0.5, 0.6) is 0 Å². The van der Waals surface area contributed by atoms with E-state index in [1.807, 2.05) is 37.2 Å². The van der Waals surface area contributed by atoms with Crippen molar-refractivity contribution in [2.75, 3.05) is 25.5 Å². The first-order chi connectivity index (χ1) is 7.24. The lowest BCUT2D eigenvalue weighted by molar-refractivity contribution is 0.719. The summed E-state index contributed by atoms with van der Waals surface area (Å²) in [5.41, 5.74) is 7.78. The molecule has 0 saturated carbocycles. The summed E-state index contributed by atoms with van der Waals surface area (Å²) in [6, 6.07) is 8.12. The predicted octanol–water partition coefficient (Wildman–Crippen LogP) is 1.06. The van der Waals surface area contributed by atoms with Gasteiger partial charge in [-0.1, -0.05) is 12.1 Å². The number of para-hydroxylation sites is 2. The van der Waals surface area contributed by atoms with Gasteiger partial charge in [0.1, 0.15) is 0 Å². The fourth-order valence-corrected chi connectivity index (χ4v) is 1.75. The molecule has 2 N–H and O–H groups in total. The molecule has 0 aliphatic carbocycles. The molecule has 2 aromatic rings. The first-order valence-corrected chi connectivity index (χ1v) is 5.06. The molecule has 0 atom stereocenters. The smallest absolute Gasteiger partial charge is 0.206 e. The number of benzene rings is 1. The number of hydrogen-bond donors (Lipinski definition) is 1. The Bertz CT molecular complexity index is 459. The Morgan fingerprint density at radius 3 is 2.73 bits per heavy atom. The van der Waals surface area contributed by atoms with Crippen molar-refractivity contribution in [2.24, 2.45) is 5.73 Å². The summed E-state index contributed by atoms with van der Waals surface area (Å²) in [4.78, 5) is 6.57.